The van der Waals surface area contributed by atoms with Gasteiger partial charge in [0.2, 0.25) is 0 Å². The molecule has 0 aromatic heterocycles. The summed E-state index contributed by atoms with van der Waals surface area (Å²) in [4.78, 5) is 99.6. The average Bonchev–Trinajstić information content (AvgIpc) is 3.54. The van der Waals surface area contributed by atoms with Crippen molar-refractivity contribution < 1.29 is 57.6 Å². The van der Waals surface area contributed by atoms with Gasteiger partial charge in [-0.15, -0.1) is 0 Å². The molecule has 14 heteroatoms. The topological polar surface area (TPSA) is 229 Å². The molecule has 2 amide bonds. The Morgan fingerprint density at radius 1 is 0.329 bits per heavy atom. The molecule has 0 heterocycles. The zero-order valence-electron chi connectivity index (χ0n) is 44.1. The lowest BCUT2D eigenvalue weighted by atomic mass is 9.90. The first-order valence-electron chi connectivity index (χ1n) is 25.7. The molecule has 0 atom stereocenters. The fourth-order valence-corrected chi connectivity index (χ4v) is 9.02. The minimum atomic E-state index is -2.21. The monoisotopic (exact) mass is 1090 g/mol. The third-order valence-corrected chi connectivity index (χ3v) is 12.9. The van der Waals surface area contributed by atoms with Crippen molar-refractivity contribution in [1.29, 1.82) is 0 Å². The molecule has 14 nitrogen and oxygen atoms in total. The SMILES string of the molecule is NC(=O)C(C(=O)OCC(COC(=O)C=C(c1ccccc1)c1ccccc1)(COC(=O)C(C(N)=O)=C(c1ccccc1)c1ccccc1)COC(=O)C(C(=O)O)=C(c1ccccc1)c1ccccc1)=C(c1ccccc1)c1ccccc1. The molecule has 0 unspecified atom stereocenters. The van der Waals surface area contributed by atoms with Crippen molar-refractivity contribution in [3.05, 3.63) is 310 Å². The standard InChI is InChI=1S/C68H54N2O12/c69-62(72)59(56(48-29-13-3-14-30-48)49-31-15-4-16-32-49)65(76)80-43-68(42-79-55(71)41-54(46-25-9-1-10-26-46)47-27-11-2-12-28-47,44-81-66(77)60(63(70)73)57(50-33-17-5-18-34-50)51-35-19-6-20-36-51)45-82-67(78)61(64(74)75)58(52-37-21-7-22-38-52)53-39-23-8-24-40-53/h1-41H,42-45H2,(H2,69,72)(H2,70,73)(H,74,75). The van der Waals surface area contributed by atoms with E-state index in [1.54, 1.807) is 243 Å². The molecular weight excluding hydrogens is 1040 g/mol. The van der Waals surface area contributed by atoms with Crippen molar-refractivity contribution in [3.8, 4) is 0 Å². The van der Waals surface area contributed by atoms with Gasteiger partial charge < -0.3 is 35.5 Å². The summed E-state index contributed by atoms with van der Waals surface area (Å²) in [5, 5.41) is 10.9. The number of hydrogen-bond donors (Lipinski definition) is 3. The Bertz CT molecular complexity index is 3230. The molecule has 0 saturated carbocycles. The quantitative estimate of drug-likeness (QED) is 0.0179. The molecule has 0 fully saturated rings. The lowest BCUT2D eigenvalue weighted by molar-refractivity contribution is -0.165. The fourth-order valence-electron chi connectivity index (χ4n) is 9.02. The van der Waals surface area contributed by atoms with Gasteiger partial charge in [0.15, 0.2) is 5.57 Å². The normalized spacial score (nSPS) is 10.6. The number of esters is 4. The second-order valence-corrected chi connectivity index (χ2v) is 18.6. The molecule has 0 aliphatic carbocycles. The van der Waals surface area contributed by atoms with Crippen LogP contribution in [0.2, 0.25) is 0 Å². The molecule has 0 bridgehead atoms. The van der Waals surface area contributed by atoms with Gasteiger partial charge in [-0.05, 0) is 50.1 Å². The summed E-state index contributed by atoms with van der Waals surface area (Å²) in [6, 6.07) is 68.1. The number of primary amides is 2. The summed E-state index contributed by atoms with van der Waals surface area (Å²) in [7, 11) is 0. The number of carboxylic acids is 1. The van der Waals surface area contributed by atoms with Crippen LogP contribution >= 0.6 is 0 Å². The van der Waals surface area contributed by atoms with E-state index >= 15 is 0 Å². The molecule has 8 rings (SSSR count). The minimum Gasteiger partial charge on any atom is -0.477 e. The number of aliphatic carboxylic acids is 1. The van der Waals surface area contributed by atoms with Crippen LogP contribution in [0.25, 0.3) is 22.3 Å². The lowest BCUT2D eigenvalue weighted by Crippen LogP contribution is -2.45. The number of carboxylic acid groups (broad SMARTS) is 1. The Morgan fingerprint density at radius 3 is 0.793 bits per heavy atom. The maximum absolute atomic E-state index is 14.8. The zero-order chi connectivity index (χ0) is 57.8. The molecule has 0 saturated heterocycles. The molecule has 0 spiro atoms. The molecule has 0 aliphatic heterocycles. The van der Waals surface area contributed by atoms with E-state index in [0.717, 1.165) is 0 Å². The van der Waals surface area contributed by atoms with E-state index < -0.39 is 90.2 Å². The third-order valence-electron chi connectivity index (χ3n) is 12.9. The van der Waals surface area contributed by atoms with E-state index in [9.17, 15) is 38.7 Å². The van der Waals surface area contributed by atoms with Gasteiger partial charge in [-0.25, -0.2) is 24.0 Å². The van der Waals surface area contributed by atoms with Crippen molar-refractivity contribution in [2.24, 2.45) is 16.9 Å². The minimum absolute atomic E-state index is 0.0238. The van der Waals surface area contributed by atoms with Gasteiger partial charge in [0.25, 0.3) is 11.8 Å². The highest BCUT2D eigenvalue weighted by molar-refractivity contribution is 6.24. The van der Waals surface area contributed by atoms with E-state index in [4.69, 9.17) is 30.4 Å². The first kappa shape index (κ1) is 57.2. The molecule has 5 N–H and O–H groups in total. The number of rotatable bonds is 23. The Labute approximate surface area is 472 Å². The number of ether oxygens (including phenoxy) is 4. The van der Waals surface area contributed by atoms with Crippen LogP contribution in [-0.2, 0) is 52.5 Å². The number of hydrogen-bond acceptors (Lipinski definition) is 11. The lowest BCUT2D eigenvalue weighted by Gasteiger charge is -2.32. The number of benzene rings is 8. The number of carbonyl (C=O) groups excluding carboxylic acids is 6. The van der Waals surface area contributed by atoms with Crippen molar-refractivity contribution in [2.75, 3.05) is 26.4 Å². The van der Waals surface area contributed by atoms with Gasteiger partial charge in [0.1, 0.15) is 43.0 Å². The highest BCUT2D eigenvalue weighted by atomic mass is 16.6. The number of amides is 2. The smallest absolute Gasteiger partial charge is 0.346 e. The first-order chi connectivity index (χ1) is 39.8. The largest absolute Gasteiger partial charge is 0.477 e. The van der Waals surface area contributed by atoms with Crippen LogP contribution in [0.4, 0.5) is 0 Å². The Kier molecular flexibility index (Phi) is 19.2. The summed E-state index contributed by atoms with van der Waals surface area (Å²) in [5.74, 6) is -9.05. The molecule has 8 aromatic carbocycles. The summed E-state index contributed by atoms with van der Waals surface area (Å²) >= 11 is 0. The van der Waals surface area contributed by atoms with Crippen molar-refractivity contribution in [1.82, 2.24) is 0 Å². The molecule has 0 aliphatic rings. The van der Waals surface area contributed by atoms with E-state index in [1.807, 2.05) is 0 Å². The van der Waals surface area contributed by atoms with Gasteiger partial charge in [-0.2, -0.15) is 0 Å². The van der Waals surface area contributed by atoms with Crippen molar-refractivity contribution in [3.63, 3.8) is 0 Å². The van der Waals surface area contributed by atoms with E-state index in [-0.39, 0.29) is 16.7 Å². The van der Waals surface area contributed by atoms with Crippen LogP contribution < -0.4 is 11.5 Å². The summed E-state index contributed by atoms with van der Waals surface area (Å²) in [6.45, 7) is -3.89. The van der Waals surface area contributed by atoms with Crippen LogP contribution in [0.1, 0.15) is 44.5 Å². The van der Waals surface area contributed by atoms with Gasteiger partial charge in [0.05, 0.1) is 0 Å². The van der Waals surface area contributed by atoms with Crippen LogP contribution in [0.5, 0.6) is 0 Å². The maximum atomic E-state index is 14.8. The van der Waals surface area contributed by atoms with Gasteiger partial charge in [-0.3, -0.25) is 9.59 Å². The highest BCUT2D eigenvalue weighted by Gasteiger charge is 2.41. The zero-order valence-corrected chi connectivity index (χ0v) is 44.1. The molecule has 8 aromatic rings. The van der Waals surface area contributed by atoms with Crippen molar-refractivity contribution in [2.45, 2.75) is 0 Å². The summed E-state index contributed by atoms with van der Waals surface area (Å²) in [6.07, 6.45) is 1.22. The summed E-state index contributed by atoms with van der Waals surface area (Å²) < 4.78 is 24.1. The summed E-state index contributed by atoms with van der Waals surface area (Å²) in [5.41, 5.74) is 12.0. The van der Waals surface area contributed by atoms with E-state index in [1.165, 1.54) is 6.08 Å². The van der Waals surface area contributed by atoms with E-state index in [2.05, 4.69) is 0 Å². The first-order valence-corrected chi connectivity index (χ1v) is 25.7. The molecular formula is C68H54N2O12. The van der Waals surface area contributed by atoms with Crippen molar-refractivity contribution >= 4 is 64.0 Å². The predicted octanol–water partition coefficient (Wildman–Crippen LogP) is 9.84. The number of carbonyl (C=O) groups is 7. The van der Waals surface area contributed by atoms with Gasteiger partial charge >= 0.3 is 29.8 Å². The number of nitrogens with two attached hydrogens (primary N) is 2. The third kappa shape index (κ3) is 14.4. The Hall–Kier alpha value is -11.0. The van der Waals surface area contributed by atoms with Crippen LogP contribution in [0.3, 0.4) is 0 Å². The Morgan fingerprint density at radius 2 is 0.549 bits per heavy atom. The second-order valence-electron chi connectivity index (χ2n) is 18.6. The average molecular weight is 1090 g/mol. The molecule has 82 heavy (non-hydrogen) atoms. The van der Waals surface area contributed by atoms with Crippen LogP contribution in [0, 0.1) is 5.41 Å². The Balaban J connectivity index is 1.29. The molecule has 0 radical (unpaired) electrons. The highest BCUT2D eigenvalue weighted by Crippen LogP contribution is 2.34. The van der Waals surface area contributed by atoms with Gasteiger partial charge in [0, 0.05) is 22.8 Å². The second kappa shape index (κ2) is 27.5. The van der Waals surface area contributed by atoms with Crippen LogP contribution in [-0.4, -0.2) is 73.2 Å². The van der Waals surface area contributed by atoms with Crippen LogP contribution in [0.15, 0.2) is 265 Å². The maximum Gasteiger partial charge on any atom is 0.346 e. The van der Waals surface area contributed by atoms with E-state index in [0.29, 0.717) is 50.1 Å². The fraction of sp³-hybridized carbons (Fsp3) is 0.0735. The predicted molar refractivity (Wildman–Crippen MR) is 309 cm³/mol. The van der Waals surface area contributed by atoms with Gasteiger partial charge in [-0.1, -0.05) is 243 Å². The molecule has 408 valence electrons.